The Labute approximate surface area is 118 Å². The second-order valence-electron chi connectivity index (χ2n) is 4.89. The van der Waals surface area contributed by atoms with Gasteiger partial charge in [-0.05, 0) is 39.2 Å². The summed E-state index contributed by atoms with van der Waals surface area (Å²) in [4.78, 5) is 2.11. The lowest BCUT2D eigenvalue weighted by Gasteiger charge is -2.10. The summed E-state index contributed by atoms with van der Waals surface area (Å²) in [6.07, 6.45) is 0. The quantitative estimate of drug-likeness (QED) is 0.763. The highest BCUT2D eigenvalue weighted by molar-refractivity contribution is 6.31. The molecule has 5 heteroatoms. The van der Waals surface area contributed by atoms with Crippen molar-refractivity contribution in [1.82, 2.24) is 14.7 Å². The molecule has 0 amide bonds. The summed E-state index contributed by atoms with van der Waals surface area (Å²) in [5, 5.41) is 6.39. The zero-order chi connectivity index (χ0) is 13.8. The highest BCUT2D eigenvalue weighted by Gasteiger charge is 2.07. The molecule has 0 saturated heterocycles. The van der Waals surface area contributed by atoms with Crippen molar-refractivity contribution in [2.75, 3.05) is 33.9 Å². The molecule has 1 aromatic carbocycles. The molecule has 2 rings (SSSR count). The largest absolute Gasteiger partial charge is 0.378 e. The summed E-state index contributed by atoms with van der Waals surface area (Å²) < 4.78 is 7.58. The molecule has 0 aliphatic rings. The van der Waals surface area contributed by atoms with Crippen molar-refractivity contribution in [3.63, 3.8) is 0 Å². The average molecular weight is 282 g/mol. The van der Waals surface area contributed by atoms with E-state index in [0.29, 0.717) is 6.61 Å². The second-order valence-corrected chi connectivity index (χ2v) is 5.32. The number of aryl methyl sites for hydroxylation is 1. The predicted octanol–water partition coefficient (Wildman–Crippen LogP) is 2.58. The van der Waals surface area contributed by atoms with E-state index in [9.17, 15) is 0 Å². The van der Waals surface area contributed by atoms with Crippen LogP contribution in [0.3, 0.4) is 0 Å². The third-order valence-corrected chi connectivity index (χ3v) is 3.26. The molecule has 0 bridgehead atoms. The van der Waals surface area contributed by atoms with Crippen LogP contribution in [0.15, 0.2) is 18.2 Å². The molecular formula is C14H20ClN3O. The van der Waals surface area contributed by atoms with Gasteiger partial charge in [0, 0.05) is 17.0 Å². The lowest BCUT2D eigenvalue weighted by atomic mass is 10.2. The highest BCUT2D eigenvalue weighted by Crippen LogP contribution is 2.22. The van der Waals surface area contributed by atoms with E-state index in [0.717, 1.165) is 41.3 Å². The monoisotopic (exact) mass is 281 g/mol. The van der Waals surface area contributed by atoms with Gasteiger partial charge in [-0.1, -0.05) is 11.6 Å². The van der Waals surface area contributed by atoms with E-state index in [2.05, 4.69) is 10.00 Å². The first-order valence-electron chi connectivity index (χ1n) is 6.43. The summed E-state index contributed by atoms with van der Waals surface area (Å²) in [5.41, 5.74) is 2.11. The van der Waals surface area contributed by atoms with Crippen molar-refractivity contribution < 1.29 is 4.74 Å². The lowest BCUT2D eigenvalue weighted by Crippen LogP contribution is -2.19. The first kappa shape index (κ1) is 14.3. The second kappa shape index (κ2) is 6.37. The summed E-state index contributed by atoms with van der Waals surface area (Å²) in [7, 11) is 4.08. The van der Waals surface area contributed by atoms with Crippen LogP contribution < -0.4 is 0 Å². The molecular weight excluding hydrogens is 262 g/mol. The Bertz CT molecular complexity index is 551. The van der Waals surface area contributed by atoms with E-state index in [-0.39, 0.29) is 0 Å². The number of halogens is 1. The van der Waals surface area contributed by atoms with Crippen LogP contribution in [0.5, 0.6) is 0 Å². The van der Waals surface area contributed by atoms with Crippen molar-refractivity contribution in [1.29, 1.82) is 0 Å². The summed E-state index contributed by atoms with van der Waals surface area (Å²) in [6, 6.07) is 5.87. The van der Waals surface area contributed by atoms with E-state index in [4.69, 9.17) is 16.3 Å². The Hall–Kier alpha value is -1.10. The van der Waals surface area contributed by atoms with Crippen molar-refractivity contribution in [3.05, 3.63) is 28.9 Å². The van der Waals surface area contributed by atoms with Gasteiger partial charge in [0.05, 0.1) is 31.0 Å². The third kappa shape index (κ3) is 3.69. The molecule has 0 unspecified atom stereocenters. The van der Waals surface area contributed by atoms with Crippen molar-refractivity contribution in [3.8, 4) is 0 Å². The number of ether oxygens (including phenoxy) is 1. The van der Waals surface area contributed by atoms with Crippen LogP contribution >= 0.6 is 11.6 Å². The molecule has 4 nitrogen and oxygen atoms in total. The van der Waals surface area contributed by atoms with E-state index in [1.807, 2.05) is 43.9 Å². The number of fused-ring (bicyclic) bond motifs is 1. The van der Waals surface area contributed by atoms with Crippen LogP contribution in [0.25, 0.3) is 10.9 Å². The maximum absolute atomic E-state index is 6.01. The fourth-order valence-electron chi connectivity index (χ4n) is 1.98. The maximum Gasteiger partial charge on any atom is 0.0687 e. The number of hydrogen-bond donors (Lipinski definition) is 0. The van der Waals surface area contributed by atoms with Gasteiger partial charge >= 0.3 is 0 Å². The summed E-state index contributed by atoms with van der Waals surface area (Å²) in [5.74, 6) is 0. The Morgan fingerprint density at radius 2 is 2.11 bits per heavy atom. The van der Waals surface area contributed by atoms with Crippen LogP contribution in [0.4, 0.5) is 0 Å². The molecule has 0 aliphatic heterocycles. The maximum atomic E-state index is 6.01. The first-order valence-corrected chi connectivity index (χ1v) is 6.81. The fraction of sp³-hybridized carbons (Fsp3) is 0.500. The van der Waals surface area contributed by atoms with E-state index >= 15 is 0 Å². The number of nitrogens with zero attached hydrogens (tertiary/aromatic N) is 3. The molecule has 0 fully saturated rings. The number of hydrogen-bond acceptors (Lipinski definition) is 3. The van der Waals surface area contributed by atoms with Crippen LogP contribution in [0, 0.1) is 6.92 Å². The molecule has 0 aliphatic carbocycles. The Balaban J connectivity index is 1.97. The minimum atomic E-state index is 0.673. The first-order chi connectivity index (χ1) is 9.08. The van der Waals surface area contributed by atoms with E-state index in [1.165, 1.54) is 0 Å². The summed E-state index contributed by atoms with van der Waals surface area (Å²) >= 11 is 6.01. The molecule has 19 heavy (non-hydrogen) atoms. The van der Waals surface area contributed by atoms with E-state index < -0.39 is 0 Å². The standard InChI is InChI=1S/C14H20ClN3O/c1-11-13-10-12(15)4-5-14(13)18(16-11)7-9-19-8-6-17(2)3/h4-5,10H,6-9H2,1-3H3. The van der Waals surface area contributed by atoms with E-state index in [1.54, 1.807) is 0 Å². The zero-order valence-corrected chi connectivity index (χ0v) is 12.4. The summed E-state index contributed by atoms with van der Waals surface area (Å²) in [6.45, 7) is 5.12. The lowest BCUT2D eigenvalue weighted by molar-refractivity contribution is 0.109. The molecule has 0 N–H and O–H groups in total. The number of aromatic nitrogens is 2. The molecule has 0 radical (unpaired) electrons. The Morgan fingerprint density at radius 3 is 2.84 bits per heavy atom. The number of likely N-dealkylation sites (N-methyl/N-ethyl adjacent to an activating group) is 1. The zero-order valence-electron chi connectivity index (χ0n) is 11.7. The predicted molar refractivity (Wildman–Crippen MR) is 78.9 cm³/mol. The van der Waals surface area contributed by atoms with Crippen LogP contribution in [0.1, 0.15) is 5.69 Å². The average Bonchev–Trinajstić information content (AvgIpc) is 2.65. The molecule has 0 atom stereocenters. The van der Waals surface area contributed by atoms with Crippen LogP contribution in [0.2, 0.25) is 5.02 Å². The SMILES string of the molecule is Cc1nn(CCOCCN(C)C)c2ccc(Cl)cc12. The molecule has 2 aromatic rings. The van der Waals surface area contributed by atoms with Crippen LogP contribution in [-0.4, -0.2) is 48.5 Å². The topological polar surface area (TPSA) is 30.3 Å². The minimum Gasteiger partial charge on any atom is -0.378 e. The number of benzene rings is 1. The molecule has 1 aromatic heterocycles. The fourth-order valence-corrected chi connectivity index (χ4v) is 2.15. The van der Waals surface area contributed by atoms with Gasteiger partial charge in [0.25, 0.3) is 0 Å². The molecule has 0 spiro atoms. The Morgan fingerprint density at radius 1 is 1.32 bits per heavy atom. The molecule has 1 heterocycles. The van der Waals surface area contributed by atoms with Gasteiger partial charge in [-0.3, -0.25) is 4.68 Å². The van der Waals surface area contributed by atoms with Gasteiger partial charge in [-0.25, -0.2) is 0 Å². The third-order valence-electron chi connectivity index (χ3n) is 3.03. The van der Waals surface area contributed by atoms with Crippen molar-refractivity contribution in [2.45, 2.75) is 13.5 Å². The van der Waals surface area contributed by atoms with Gasteiger partial charge in [0.1, 0.15) is 0 Å². The van der Waals surface area contributed by atoms with Gasteiger partial charge < -0.3 is 9.64 Å². The van der Waals surface area contributed by atoms with Crippen molar-refractivity contribution in [2.24, 2.45) is 0 Å². The van der Waals surface area contributed by atoms with Gasteiger partial charge in [0.15, 0.2) is 0 Å². The normalized spacial score (nSPS) is 11.6. The minimum absolute atomic E-state index is 0.673. The van der Waals surface area contributed by atoms with Crippen LogP contribution in [-0.2, 0) is 11.3 Å². The van der Waals surface area contributed by atoms with Crippen molar-refractivity contribution >= 4 is 22.5 Å². The number of rotatable bonds is 6. The molecule has 104 valence electrons. The highest BCUT2D eigenvalue weighted by atomic mass is 35.5. The molecule has 0 saturated carbocycles. The Kier molecular flexibility index (Phi) is 4.80. The van der Waals surface area contributed by atoms with Gasteiger partial charge in [-0.15, -0.1) is 0 Å². The van der Waals surface area contributed by atoms with Gasteiger partial charge in [-0.2, -0.15) is 5.10 Å². The van der Waals surface area contributed by atoms with Gasteiger partial charge in [0.2, 0.25) is 0 Å². The smallest absolute Gasteiger partial charge is 0.0687 e.